The van der Waals surface area contributed by atoms with Crippen LogP contribution in [0.15, 0.2) is 18.2 Å². The van der Waals surface area contributed by atoms with Gasteiger partial charge >= 0.3 is 0 Å². The molecule has 2 saturated carbocycles. The van der Waals surface area contributed by atoms with Crippen molar-refractivity contribution in [3.05, 3.63) is 32.9 Å². The van der Waals surface area contributed by atoms with Crippen LogP contribution < -0.4 is 5.32 Å². The normalized spacial score (nSPS) is 29.9. The minimum atomic E-state index is 0.552. The van der Waals surface area contributed by atoms with Gasteiger partial charge in [0, 0.05) is 9.61 Å². The highest BCUT2D eigenvalue weighted by molar-refractivity contribution is 14.1. The van der Waals surface area contributed by atoms with Crippen molar-refractivity contribution in [1.82, 2.24) is 5.32 Å². The molecule has 0 radical (unpaired) electrons. The molecule has 0 saturated heterocycles. The van der Waals surface area contributed by atoms with Gasteiger partial charge in [-0.1, -0.05) is 31.5 Å². The van der Waals surface area contributed by atoms with Crippen molar-refractivity contribution in [3.8, 4) is 0 Å². The smallest absolute Gasteiger partial charge is 0.0333 e. The molecule has 0 spiro atoms. The van der Waals surface area contributed by atoms with Crippen LogP contribution in [-0.4, -0.2) is 6.54 Å². The van der Waals surface area contributed by atoms with E-state index in [0.717, 1.165) is 24.3 Å². The molecule has 1 nitrogen and oxygen atoms in total. The van der Waals surface area contributed by atoms with E-state index < -0.39 is 0 Å². The second-order valence-corrected chi connectivity index (χ2v) is 7.84. The molecular formula is C18H26IN. The van der Waals surface area contributed by atoms with Crippen molar-refractivity contribution in [2.75, 3.05) is 6.54 Å². The number of rotatable bonds is 5. The first-order chi connectivity index (χ1) is 9.69. The van der Waals surface area contributed by atoms with Crippen molar-refractivity contribution in [2.45, 2.75) is 52.0 Å². The summed E-state index contributed by atoms with van der Waals surface area (Å²) < 4.78 is 1.46. The minimum Gasteiger partial charge on any atom is -0.310 e. The van der Waals surface area contributed by atoms with Crippen LogP contribution in [0.4, 0.5) is 0 Å². The minimum absolute atomic E-state index is 0.552. The van der Waals surface area contributed by atoms with Crippen LogP contribution in [0.1, 0.15) is 56.2 Å². The highest BCUT2D eigenvalue weighted by Crippen LogP contribution is 2.51. The van der Waals surface area contributed by atoms with Crippen molar-refractivity contribution in [3.63, 3.8) is 0 Å². The number of hydrogen-bond donors (Lipinski definition) is 1. The van der Waals surface area contributed by atoms with E-state index in [9.17, 15) is 0 Å². The second-order valence-electron chi connectivity index (χ2n) is 6.76. The lowest BCUT2D eigenvalue weighted by molar-refractivity contribution is 0.280. The van der Waals surface area contributed by atoms with Gasteiger partial charge in [0.1, 0.15) is 0 Å². The summed E-state index contributed by atoms with van der Waals surface area (Å²) in [7, 11) is 0. The summed E-state index contributed by atoms with van der Waals surface area (Å²) in [6.07, 6.45) is 7.37. The molecule has 0 aliphatic heterocycles. The third kappa shape index (κ3) is 2.92. The number of nitrogens with one attached hydrogen (secondary N) is 1. The summed E-state index contributed by atoms with van der Waals surface area (Å²) in [6, 6.07) is 7.33. The fourth-order valence-corrected chi connectivity index (χ4v) is 5.21. The van der Waals surface area contributed by atoms with Crippen LogP contribution in [0.3, 0.4) is 0 Å². The number of aryl methyl sites for hydroxylation is 1. The van der Waals surface area contributed by atoms with Crippen molar-refractivity contribution in [1.29, 1.82) is 0 Å². The topological polar surface area (TPSA) is 12.0 Å². The van der Waals surface area contributed by atoms with Gasteiger partial charge in [0.2, 0.25) is 0 Å². The number of hydrogen-bond acceptors (Lipinski definition) is 1. The van der Waals surface area contributed by atoms with Crippen LogP contribution in [0.5, 0.6) is 0 Å². The predicted molar refractivity (Wildman–Crippen MR) is 93.9 cm³/mol. The maximum atomic E-state index is 3.75. The average molecular weight is 383 g/mol. The van der Waals surface area contributed by atoms with Crippen LogP contribution in [0.2, 0.25) is 0 Å². The first-order valence-electron chi connectivity index (χ1n) is 8.17. The Kier molecular flexibility index (Phi) is 4.71. The molecule has 0 amide bonds. The maximum Gasteiger partial charge on any atom is 0.0333 e. The molecule has 110 valence electrons. The Morgan fingerprint density at radius 3 is 2.80 bits per heavy atom. The largest absolute Gasteiger partial charge is 0.310 e. The Morgan fingerprint density at radius 1 is 1.30 bits per heavy atom. The number of benzene rings is 1. The Bertz CT molecular complexity index is 470. The zero-order chi connectivity index (χ0) is 14.1. The van der Waals surface area contributed by atoms with Crippen molar-refractivity contribution >= 4 is 22.6 Å². The third-order valence-corrected chi connectivity index (χ3v) is 6.94. The molecule has 20 heavy (non-hydrogen) atoms. The van der Waals surface area contributed by atoms with E-state index >= 15 is 0 Å². The summed E-state index contributed by atoms with van der Waals surface area (Å²) >= 11 is 2.53. The molecule has 3 rings (SSSR count). The fraction of sp³-hybridized carbons (Fsp3) is 0.667. The zero-order valence-electron chi connectivity index (χ0n) is 12.7. The monoisotopic (exact) mass is 383 g/mol. The van der Waals surface area contributed by atoms with Crippen molar-refractivity contribution in [2.24, 2.45) is 17.8 Å². The average Bonchev–Trinajstić information content (AvgIpc) is 3.04. The molecule has 4 atom stereocenters. The summed E-state index contributed by atoms with van der Waals surface area (Å²) in [5.41, 5.74) is 2.94. The van der Waals surface area contributed by atoms with Crippen LogP contribution >= 0.6 is 22.6 Å². The molecule has 4 unspecified atom stereocenters. The van der Waals surface area contributed by atoms with E-state index in [1.807, 2.05) is 0 Å². The van der Waals surface area contributed by atoms with Gasteiger partial charge < -0.3 is 5.32 Å². The van der Waals surface area contributed by atoms with E-state index in [0.29, 0.717) is 6.04 Å². The standard InChI is InChI=1S/C18H26IN/c1-3-20-17(16-6-4-5-12(2)18(16)19)11-15-10-13-7-8-14(15)9-13/h4-6,13-15,17,20H,3,7-11H2,1-2H3. The molecule has 1 aromatic carbocycles. The molecular weight excluding hydrogens is 357 g/mol. The van der Waals surface area contributed by atoms with Crippen LogP contribution in [-0.2, 0) is 0 Å². The predicted octanol–water partition coefficient (Wildman–Crippen LogP) is 5.08. The molecule has 2 fully saturated rings. The van der Waals surface area contributed by atoms with Crippen molar-refractivity contribution < 1.29 is 0 Å². The van der Waals surface area contributed by atoms with Gasteiger partial charge in [0.15, 0.2) is 0 Å². The lowest BCUT2D eigenvalue weighted by Gasteiger charge is -2.28. The van der Waals surface area contributed by atoms with Gasteiger partial charge in [0.05, 0.1) is 0 Å². The Morgan fingerprint density at radius 2 is 2.15 bits per heavy atom. The maximum absolute atomic E-state index is 3.75. The van der Waals surface area contributed by atoms with E-state index in [2.05, 4.69) is 60.0 Å². The Balaban J connectivity index is 1.77. The van der Waals surface area contributed by atoms with Gasteiger partial charge in [-0.2, -0.15) is 0 Å². The zero-order valence-corrected chi connectivity index (χ0v) is 14.8. The van der Waals surface area contributed by atoms with Crippen LogP contribution in [0.25, 0.3) is 0 Å². The third-order valence-electron chi connectivity index (χ3n) is 5.47. The SMILES string of the molecule is CCNC(CC1CC2CCC1C2)c1cccc(C)c1I. The molecule has 1 N–H and O–H groups in total. The second kappa shape index (κ2) is 6.35. The molecule has 0 aromatic heterocycles. The molecule has 2 aliphatic rings. The molecule has 2 heteroatoms. The molecule has 2 aliphatic carbocycles. The Hall–Kier alpha value is -0.0900. The highest BCUT2D eigenvalue weighted by atomic mass is 127. The Labute approximate surface area is 137 Å². The molecule has 1 aromatic rings. The van der Waals surface area contributed by atoms with Gasteiger partial charge in [-0.3, -0.25) is 0 Å². The number of halogens is 1. The van der Waals surface area contributed by atoms with E-state index in [1.165, 1.54) is 46.8 Å². The lowest BCUT2D eigenvalue weighted by atomic mass is 9.82. The number of fused-ring (bicyclic) bond motifs is 2. The first kappa shape index (κ1) is 14.8. The summed E-state index contributed by atoms with van der Waals surface area (Å²) in [4.78, 5) is 0. The quantitative estimate of drug-likeness (QED) is 0.700. The summed E-state index contributed by atoms with van der Waals surface area (Å²) in [5, 5.41) is 3.75. The molecule has 2 bridgehead atoms. The fourth-order valence-electron chi connectivity index (χ4n) is 4.47. The summed E-state index contributed by atoms with van der Waals surface area (Å²) in [6.45, 7) is 5.53. The first-order valence-corrected chi connectivity index (χ1v) is 9.25. The van der Waals surface area contributed by atoms with E-state index in [-0.39, 0.29) is 0 Å². The van der Waals surface area contributed by atoms with Gasteiger partial charge in [-0.15, -0.1) is 0 Å². The van der Waals surface area contributed by atoms with Crippen LogP contribution in [0, 0.1) is 28.2 Å². The lowest BCUT2D eigenvalue weighted by Crippen LogP contribution is -2.26. The molecule has 0 heterocycles. The van der Waals surface area contributed by atoms with E-state index in [4.69, 9.17) is 0 Å². The van der Waals surface area contributed by atoms with Gasteiger partial charge in [-0.25, -0.2) is 0 Å². The van der Waals surface area contributed by atoms with Gasteiger partial charge in [-0.05, 0) is 90.6 Å². The highest BCUT2D eigenvalue weighted by Gasteiger charge is 2.40. The summed E-state index contributed by atoms with van der Waals surface area (Å²) in [5.74, 6) is 3.06. The van der Waals surface area contributed by atoms with E-state index in [1.54, 1.807) is 0 Å². The van der Waals surface area contributed by atoms with Gasteiger partial charge in [0.25, 0.3) is 0 Å².